The molecule has 0 atom stereocenters. The second-order valence-corrected chi connectivity index (χ2v) is 9.30. The van der Waals surface area contributed by atoms with Crippen molar-refractivity contribution < 1.29 is 13.2 Å². The normalized spacial score (nSPS) is 17.0. The monoisotopic (exact) mass is 389 g/mol. The molecule has 1 aromatic carbocycles. The second kappa shape index (κ2) is 7.61. The number of benzene rings is 1. The Kier molecular flexibility index (Phi) is 6.67. The van der Waals surface area contributed by atoms with Gasteiger partial charge in [-0.05, 0) is 58.2 Å². The average molecular weight is 390 g/mol. The summed E-state index contributed by atoms with van der Waals surface area (Å²) in [5, 5.41) is 2.77. The summed E-state index contributed by atoms with van der Waals surface area (Å²) in [4.78, 5) is 12.6. The first-order valence-corrected chi connectivity index (χ1v) is 9.66. The number of rotatable bonds is 4. The second-order valence-electron chi connectivity index (χ2n) is 7.65. The molecule has 0 spiro atoms. The van der Waals surface area contributed by atoms with Crippen molar-refractivity contribution in [2.24, 2.45) is 5.73 Å². The Morgan fingerprint density at radius 2 is 1.76 bits per heavy atom. The van der Waals surface area contributed by atoms with Gasteiger partial charge in [0, 0.05) is 11.2 Å². The highest BCUT2D eigenvalue weighted by Gasteiger charge is 2.37. The summed E-state index contributed by atoms with van der Waals surface area (Å²) in [6.07, 6.45) is 3.18. The van der Waals surface area contributed by atoms with Crippen LogP contribution >= 0.6 is 12.4 Å². The number of amides is 1. The van der Waals surface area contributed by atoms with E-state index in [4.69, 9.17) is 5.73 Å². The van der Waals surface area contributed by atoms with Gasteiger partial charge in [-0.15, -0.1) is 12.4 Å². The predicted molar refractivity (Wildman–Crippen MR) is 103 cm³/mol. The van der Waals surface area contributed by atoms with Crippen LogP contribution in [0.25, 0.3) is 0 Å². The minimum atomic E-state index is -3.67. The number of aryl methyl sites for hydroxylation is 1. The first-order chi connectivity index (χ1) is 10.9. The number of hydrogen-bond donors (Lipinski definition) is 3. The number of nitrogens with one attached hydrogen (secondary N) is 2. The molecule has 1 aromatic rings. The fourth-order valence-corrected chi connectivity index (χ4v) is 4.60. The van der Waals surface area contributed by atoms with E-state index >= 15 is 0 Å². The first kappa shape index (κ1) is 21.9. The van der Waals surface area contributed by atoms with Gasteiger partial charge in [0.1, 0.15) is 0 Å². The van der Waals surface area contributed by atoms with Gasteiger partial charge in [-0.2, -0.15) is 0 Å². The van der Waals surface area contributed by atoms with Crippen LogP contribution in [0.2, 0.25) is 0 Å². The Morgan fingerprint density at radius 3 is 2.28 bits per heavy atom. The maximum absolute atomic E-state index is 12.6. The lowest BCUT2D eigenvalue weighted by molar-refractivity contribution is -0.121. The SMILES string of the molecule is Cc1ccc(NC(=O)C2(N)CCCC2)cc1S(=O)(=O)NC(C)(C)C.Cl. The third kappa shape index (κ3) is 5.41. The van der Waals surface area contributed by atoms with E-state index in [0.29, 0.717) is 24.1 Å². The highest BCUT2D eigenvalue weighted by molar-refractivity contribution is 7.89. The molecule has 0 unspecified atom stereocenters. The molecule has 1 aliphatic carbocycles. The van der Waals surface area contributed by atoms with E-state index in [2.05, 4.69) is 10.0 Å². The maximum Gasteiger partial charge on any atom is 0.244 e. The van der Waals surface area contributed by atoms with E-state index in [1.807, 2.05) is 0 Å². The molecule has 0 saturated heterocycles. The fraction of sp³-hybridized carbons (Fsp3) is 0.588. The zero-order chi connectivity index (χ0) is 18.2. The largest absolute Gasteiger partial charge is 0.324 e. The summed E-state index contributed by atoms with van der Waals surface area (Å²) in [6, 6.07) is 4.87. The van der Waals surface area contributed by atoms with Gasteiger partial charge in [0.25, 0.3) is 0 Å². The zero-order valence-electron chi connectivity index (χ0n) is 15.2. The van der Waals surface area contributed by atoms with Gasteiger partial charge in [-0.25, -0.2) is 13.1 Å². The van der Waals surface area contributed by atoms with Gasteiger partial charge < -0.3 is 11.1 Å². The number of carbonyl (C=O) groups excluding carboxylic acids is 1. The van der Waals surface area contributed by atoms with E-state index < -0.39 is 21.1 Å². The number of halogens is 1. The number of anilines is 1. The summed E-state index contributed by atoms with van der Waals surface area (Å²) >= 11 is 0. The summed E-state index contributed by atoms with van der Waals surface area (Å²) in [5.41, 5.74) is 5.76. The molecule has 1 amide bonds. The molecule has 1 saturated carbocycles. The lowest BCUT2D eigenvalue weighted by Crippen LogP contribution is -2.48. The van der Waals surface area contributed by atoms with Crippen molar-refractivity contribution >= 4 is 34.0 Å². The van der Waals surface area contributed by atoms with Gasteiger partial charge in [0.15, 0.2) is 0 Å². The minimum Gasteiger partial charge on any atom is -0.324 e. The van der Waals surface area contributed by atoms with Crippen LogP contribution in [0.3, 0.4) is 0 Å². The molecular weight excluding hydrogens is 362 g/mol. The van der Waals surface area contributed by atoms with Crippen LogP contribution in [-0.4, -0.2) is 25.4 Å². The quantitative estimate of drug-likeness (QED) is 0.736. The molecule has 4 N–H and O–H groups in total. The van der Waals surface area contributed by atoms with Crippen LogP contribution in [0.5, 0.6) is 0 Å². The van der Waals surface area contributed by atoms with Gasteiger partial charge in [0.05, 0.1) is 10.4 Å². The Hall–Kier alpha value is -1.15. The fourth-order valence-electron chi connectivity index (χ4n) is 2.91. The van der Waals surface area contributed by atoms with Crippen molar-refractivity contribution in [1.82, 2.24) is 4.72 Å². The Morgan fingerprint density at radius 1 is 1.20 bits per heavy atom. The van der Waals surface area contributed by atoms with Crippen molar-refractivity contribution in [1.29, 1.82) is 0 Å². The molecule has 1 aliphatic rings. The highest BCUT2D eigenvalue weighted by Crippen LogP contribution is 2.29. The third-order valence-corrected chi connectivity index (χ3v) is 6.02. The van der Waals surface area contributed by atoms with E-state index in [1.54, 1.807) is 39.8 Å². The van der Waals surface area contributed by atoms with Crippen molar-refractivity contribution in [2.45, 2.75) is 69.4 Å². The van der Waals surface area contributed by atoms with Crippen LogP contribution in [-0.2, 0) is 14.8 Å². The van der Waals surface area contributed by atoms with Crippen LogP contribution < -0.4 is 15.8 Å². The average Bonchev–Trinajstić information content (AvgIpc) is 2.86. The minimum absolute atomic E-state index is 0. The van der Waals surface area contributed by atoms with Gasteiger partial charge in [-0.3, -0.25) is 4.79 Å². The van der Waals surface area contributed by atoms with Gasteiger partial charge >= 0.3 is 0 Å². The van der Waals surface area contributed by atoms with Crippen LogP contribution in [0, 0.1) is 6.92 Å². The van der Waals surface area contributed by atoms with Crippen molar-refractivity contribution in [2.75, 3.05) is 5.32 Å². The van der Waals surface area contributed by atoms with E-state index in [1.165, 1.54) is 6.07 Å². The third-order valence-electron chi connectivity index (χ3n) is 4.12. The molecule has 1 fully saturated rings. The van der Waals surface area contributed by atoms with E-state index in [9.17, 15) is 13.2 Å². The lowest BCUT2D eigenvalue weighted by Gasteiger charge is -2.23. The lowest BCUT2D eigenvalue weighted by atomic mass is 9.98. The predicted octanol–water partition coefficient (Wildman–Crippen LogP) is 2.70. The molecule has 0 radical (unpaired) electrons. The Labute approximate surface area is 156 Å². The molecule has 0 aromatic heterocycles. The van der Waals surface area contributed by atoms with E-state index in [0.717, 1.165) is 12.8 Å². The first-order valence-electron chi connectivity index (χ1n) is 8.18. The highest BCUT2D eigenvalue weighted by atomic mass is 35.5. The summed E-state index contributed by atoms with van der Waals surface area (Å²) in [6.45, 7) is 7.07. The molecule has 0 heterocycles. The smallest absolute Gasteiger partial charge is 0.244 e. The summed E-state index contributed by atoms with van der Waals surface area (Å²) < 4.78 is 27.8. The Balaban J connectivity index is 0.00000312. The maximum atomic E-state index is 12.6. The standard InChI is InChI=1S/C17H27N3O3S.ClH/c1-12-7-8-13(19-15(21)17(18)9-5-6-10-17)11-14(12)24(22,23)20-16(2,3)4;/h7-8,11,20H,5-6,9-10,18H2,1-4H3,(H,19,21);1H. The molecular formula is C17H28ClN3O3S. The van der Waals surface area contributed by atoms with Crippen molar-refractivity contribution in [3.63, 3.8) is 0 Å². The van der Waals surface area contributed by atoms with Gasteiger partial charge in [-0.1, -0.05) is 18.9 Å². The molecule has 25 heavy (non-hydrogen) atoms. The van der Waals surface area contributed by atoms with Crippen molar-refractivity contribution in [3.05, 3.63) is 23.8 Å². The van der Waals surface area contributed by atoms with Crippen LogP contribution in [0.1, 0.15) is 52.0 Å². The Bertz CT molecular complexity index is 736. The number of hydrogen-bond acceptors (Lipinski definition) is 4. The van der Waals surface area contributed by atoms with Gasteiger partial charge in [0.2, 0.25) is 15.9 Å². The van der Waals surface area contributed by atoms with E-state index in [-0.39, 0.29) is 23.2 Å². The van der Waals surface area contributed by atoms with Crippen LogP contribution in [0.4, 0.5) is 5.69 Å². The molecule has 0 bridgehead atoms. The van der Waals surface area contributed by atoms with Crippen molar-refractivity contribution in [3.8, 4) is 0 Å². The summed E-state index contributed by atoms with van der Waals surface area (Å²) in [7, 11) is -3.67. The molecule has 6 nitrogen and oxygen atoms in total. The number of nitrogens with two attached hydrogens (primary N) is 1. The molecule has 142 valence electrons. The van der Waals surface area contributed by atoms with Crippen LogP contribution in [0.15, 0.2) is 23.1 Å². The summed E-state index contributed by atoms with van der Waals surface area (Å²) in [5.74, 6) is -0.254. The number of carbonyl (C=O) groups is 1. The topological polar surface area (TPSA) is 101 Å². The molecule has 2 rings (SSSR count). The number of sulfonamides is 1. The molecule has 0 aliphatic heterocycles. The zero-order valence-corrected chi connectivity index (χ0v) is 16.8. The molecule has 8 heteroatoms.